The molecule has 0 aromatic heterocycles. The molecule has 1 aliphatic rings. The summed E-state index contributed by atoms with van der Waals surface area (Å²) < 4.78 is 5.35. The minimum absolute atomic E-state index is 0.0167. The summed E-state index contributed by atoms with van der Waals surface area (Å²) in [4.78, 5) is 48.4. The zero-order valence-electron chi connectivity index (χ0n) is 15.8. The van der Waals surface area contributed by atoms with Crippen LogP contribution in [0.2, 0.25) is 5.02 Å². The average molecular weight is 449 g/mol. The van der Waals surface area contributed by atoms with Gasteiger partial charge in [-0.2, -0.15) is 0 Å². The molecule has 0 heterocycles. The van der Waals surface area contributed by atoms with Gasteiger partial charge in [0.2, 0.25) is 5.91 Å². The lowest BCUT2D eigenvalue weighted by Gasteiger charge is -2.32. The Hall–Kier alpha value is -3.47. The molecule has 3 rings (SSSR count). The zero-order chi connectivity index (χ0) is 23.0. The molecule has 0 fully saturated rings. The number of ether oxygens (including phenoxy) is 1. The third-order valence-corrected chi connectivity index (χ3v) is 5.18. The predicted molar refractivity (Wildman–Crippen MR) is 106 cm³/mol. The number of carbonyl (C=O) groups is 4. The predicted octanol–water partition coefficient (Wildman–Crippen LogP) is 0.778. The van der Waals surface area contributed by atoms with E-state index < -0.39 is 47.9 Å². The van der Waals surface area contributed by atoms with Gasteiger partial charge in [-0.25, -0.2) is 15.4 Å². The molecule has 1 amide bonds. The van der Waals surface area contributed by atoms with Crippen molar-refractivity contribution in [2.75, 3.05) is 0 Å². The summed E-state index contributed by atoms with van der Waals surface area (Å²) >= 11 is 6.05. The molecule has 0 aliphatic heterocycles. The molecule has 0 saturated heterocycles. The molecule has 0 saturated carbocycles. The number of aliphatic hydroxyl groups is 1. The van der Waals surface area contributed by atoms with E-state index in [9.17, 15) is 29.4 Å². The first-order chi connectivity index (χ1) is 14.5. The Balaban J connectivity index is 2.17. The number of hydrazine groups is 1. The number of carbonyl (C=O) groups excluding carboxylic acids is 2. The van der Waals surface area contributed by atoms with E-state index in [4.69, 9.17) is 27.3 Å². The van der Waals surface area contributed by atoms with Crippen LogP contribution in [0.25, 0.3) is 11.1 Å². The molecule has 162 valence electrons. The van der Waals surface area contributed by atoms with Crippen LogP contribution in [0.15, 0.2) is 42.5 Å². The molecule has 6 N–H and O–H groups in total. The Morgan fingerprint density at radius 2 is 1.68 bits per heavy atom. The fraction of sp³-hybridized carbons (Fsp3) is 0.200. The van der Waals surface area contributed by atoms with Crippen molar-refractivity contribution < 1.29 is 39.2 Å². The Bertz CT molecular complexity index is 1100. The largest absolute Gasteiger partial charge is 0.481 e. The average Bonchev–Trinajstić information content (AvgIpc) is 2.97. The number of carboxylic acid groups (broad SMARTS) is 2. The van der Waals surface area contributed by atoms with Gasteiger partial charge in [0, 0.05) is 16.1 Å². The number of rotatable bonds is 7. The lowest BCUT2D eigenvalue weighted by atomic mass is 9.89. The van der Waals surface area contributed by atoms with E-state index in [1.54, 1.807) is 23.6 Å². The van der Waals surface area contributed by atoms with Crippen molar-refractivity contribution >= 4 is 35.4 Å². The van der Waals surface area contributed by atoms with E-state index in [-0.39, 0.29) is 16.1 Å². The van der Waals surface area contributed by atoms with Gasteiger partial charge < -0.3 is 20.1 Å². The number of fused-ring (bicyclic) bond motifs is 3. The van der Waals surface area contributed by atoms with Gasteiger partial charge in [-0.15, -0.1) is 0 Å². The van der Waals surface area contributed by atoms with Crippen LogP contribution in [0.3, 0.4) is 0 Å². The lowest BCUT2D eigenvalue weighted by molar-refractivity contribution is -0.191. The van der Waals surface area contributed by atoms with E-state index in [0.29, 0.717) is 11.1 Å². The number of nitrogens with one attached hydrogen (secondary N) is 1. The Labute approximate surface area is 180 Å². The van der Waals surface area contributed by atoms with Gasteiger partial charge in [0.25, 0.3) is 5.60 Å². The molecule has 0 radical (unpaired) electrons. The van der Waals surface area contributed by atoms with Crippen LogP contribution in [-0.4, -0.2) is 44.7 Å². The highest BCUT2D eigenvalue weighted by atomic mass is 35.5. The summed E-state index contributed by atoms with van der Waals surface area (Å²) in [5.74, 6) is -0.928. The molecule has 11 heteroatoms. The van der Waals surface area contributed by atoms with Gasteiger partial charge in [0.05, 0.1) is 12.8 Å². The topological polar surface area (TPSA) is 176 Å². The Kier molecular flexibility index (Phi) is 5.72. The van der Waals surface area contributed by atoms with Crippen LogP contribution in [0, 0.1) is 0 Å². The quantitative estimate of drug-likeness (QED) is 0.177. The Morgan fingerprint density at radius 3 is 2.29 bits per heavy atom. The maximum Gasteiger partial charge on any atom is 0.357 e. The number of carboxylic acids is 2. The van der Waals surface area contributed by atoms with Crippen LogP contribution in [-0.2, 0) is 29.5 Å². The third kappa shape index (κ3) is 3.72. The minimum atomic E-state index is -2.88. The smallest absolute Gasteiger partial charge is 0.357 e. The molecule has 0 bridgehead atoms. The van der Waals surface area contributed by atoms with Gasteiger partial charge in [0.15, 0.2) is 5.60 Å². The third-order valence-electron chi connectivity index (χ3n) is 4.94. The molecular formula is C20H17ClN2O8. The molecule has 0 spiro atoms. The standard InChI is InChI=1S/C20H17ClN2O8/c21-10-5-6-12-11-3-1-2-4-13(11)20(17(27)28,14(12)7-10)31-18(29)19(30,9-16(25)26)8-15(24)23-22/h1-7,30H,8-9,22H2,(H,23,24)(H,25,26)(H,27,28). The van der Waals surface area contributed by atoms with Gasteiger partial charge in [0.1, 0.15) is 0 Å². The van der Waals surface area contributed by atoms with Gasteiger partial charge in [-0.05, 0) is 23.3 Å². The number of hydrogen-bond acceptors (Lipinski definition) is 7. The van der Waals surface area contributed by atoms with Crippen molar-refractivity contribution in [1.82, 2.24) is 5.43 Å². The van der Waals surface area contributed by atoms with Crippen molar-refractivity contribution in [2.45, 2.75) is 24.0 Å². The second-order valence-electron chi connectivity index (χ2n) is 6.96. The molecule has 1 aliphatic carbocycles. The number of amides is 1. The van der Waals surface area contributed by atoms with Crippen LogP contribution >= 0.6 is 11.6 Å². The van der Waals surface area contributed by atoms with Crippen molar-refractivity contribution in [3.05, 3.63) is 58.6 Å². The van der Waals surface area contributed by atoms with Crippen molar-refractivity contribution in [3.8, 4) is 11.1 Å². The second-order valence-corrected chi connectivity index (χ2v) is 7.39. The molecule has 2 unspecified atom stereocenters. The lowest BCUT2D eigenvalue weighted by Crippen LogP contribution is -2.51. The SMILES string of the molecule is NNC(=O)CC(O)(CC(=O)O)C(=O)OC1(C(=O)O)c2ccccc2-c2ccc(Cl)cc21. The number of halogens is 1. The normalized spacial score (nSPS) is 18.3. The zero-order valence-corrected chi connectivity index (χ0v) is 16.5. The summed E-state index contributed by atoms with van der Waals surface area (Å²) in [6, 6.07) is 10.6. The number of aliphatic carboxylic acids is 2. The fourth-order valence-corrected chi connectivity index (χ4v) is 3.78. The number of benzene rings is 2. The maximum absolute atomic E-state index is 13.0. The molecule has 2 atom stereocenters. The molecule has 2 aromatic carbocycles. The number of esters is 1. The van der Waals surface area contributed by atoms with Crippen molar-refractivity contribution in [1.29, 1.82) is 0 Å². The van der Waals surface area contributed by atoms with E-state index in [2.05, 4.69) is 0 Å². The van der Waals surface area contributed by atoms with Crippen LogP contribution in [0.5, 0.6) is 0 Å². The maximum atomic E-state index is 13.0. The molecule has 10 nitrogen and oxygen atoms in total. The van der Waals surface area contributed by atoms with E-state index in [1.165, 1.54) is 24.3 Å². The Morgan fingerprint density at radius 1 is 1.03 bits per heavy atom. The monoisotopic (exact) mass is 448 g/mol. The van der Waals surface area contributed by atoms with E-state index in [0.717, 1.165) is 0 Å². The first-order valence-corrected chi connectivity index (χ1v) is 9.23. The summed E-state index contributed by atoms with van der Waals surface area (Å²) in [7, 11) is 0. The summed E-state index contributed by atoms with van der Waals surface area (Å²) in [6.45, 7) is 0. The molecular weight excluding hydrogens is 432 g/mol. The van der Waals surface area contributed by atoms with Gasteiger partial charge in [-0.1, -0.05) is 41.9 Å². The first-order valence-electron chi connectivity index (χ1n) is 8.85. The van der Waals surface area contributed by atoms with Crippen molar-refractivity contribution in [3.63, 3.8) is 0 Å². The summed E-state index contributed by atoms with van der Waals surface area (Å²) in [5, 5.41) is 30.1. The summed E-state index contributed by atoms with van der Waals surface area (Å²) in [5.41, 5.74) is -2.66. The van der Waals surface area contributed by atoms with Gasteiger partial charge >= 0.3 is 17.9 Å². The molecule has 31 heavy (non-hydrogen) atoms. The minimum Gasteiger partial charge on any atom is -0.481 e. The highest BCUT2D eigenvalue weighted by molar-refractivity contribution is 6.30. The van der Waals surface area contributed by atoms with E-state index in [1.807, 2.05) is 0 Å². The highest BCUT2D eigenvalue weighted by Crippen LogP contribution is 2.51. The van der Waals surface area contributed by atoms with E-state index >= 15 is 0 Å². The van der Waals surface area contributed by atoms with Crippen LogP contribution in [0.4, 0.5) is 0 Å². The number of hydrogen-bond donors (Lipinski definition) is 5. The molecule has 2 aromatic rings. The fourth-order valence-electron chi connectivity index (χ4n) is 3.60. The second kappa shape index (κ2) is 7.99. The first kappa shape index (κ1) is 22.2. The van der Waals surface area contributed by atoms with Gasteiger partial charge in [-0.3, -0.25) is 15.0 Å². The van der Waals surface area contributed by atoms with Crippen LogP contribution < -0.4 is 11.3 Å². The summed E-state index contributed by atoms with van der Waals surface area (Å²) in [6.07, 6.45) is -2.28. The van der Waals surface area contributed by atoms with Crippen LogP contribution in [0.1, 0.15) is 24.0 Å². The van der Waals surface area contributed by atoms with Crippen molar-refractivity contribution in [2.24, 2.45) is 5.84 Å². The number of nitrogens with two attached hydrogens (primary N) is 1. The highest BCUT2D eigenvalue weighted by Gasteiger charge is 2.56.